The molecule has 0 saturated carbocycles. The van der Waals surface area contributed by atoms with Crippen molar-refractivity contribution in [1.29, 1.82) is 0 Å². The first kappa shape index (κ1) is 24.9. The first-order chi connectivity index (χ1) is 16.2. The van der Waals surface area contributed by atoms with E-state index >= 15 is 0 Å². The number of methoxy groups -OCH3 is 1. The number of hydrogen-bond donors (Lipinski definition) is 2. The smallest absolute Gasteiger partial charge is 0.265 e. The second kappa shape index (κ2) is 10.9. The van der Waals surface area contributed by atoms with E-state index < -0.39 is 15.9 Å². The lowest BCUT2D eigenvalue weighted by atomic mass is 10.1. The summed E-state index contributed by atoms with van der Waals surface area (Å²) in [6, 6.07) is 16.6. The van der Waals surface area contributed by atoms with Gasteiger partial charge in [0, 0.05) is 11.4 Å². The summed E-state index contributed by atoms with van der Waals surface area (Å²) in [5.74, 6) is 0.963. The molecule has 0 saturated heterocycles. The molecule has 3 aromatic carbocycles. The highest BCUT2D eigenvalue weighted by Gasteiger charge is 2.21. The number of amides is 1. The summed E-state index contributed by atoms with van der Waals surface area (Å²) in [5.41, 5.74) is 2.68. The number of benzene rings is 3. The zero-order valence-corrected chi connectivity index (χ0v) is 20.4. The Bertz CT molecular complexity index is 1260. The lowest BCUT2D eigenvalue weighted by Crippen LogP contribution is -2.21. The molecule has 180 valence electrons. The van der Waals surface area contributed by atoms with Crippen LogP contribution in [0, 0.1) is 13.8 Å². The lowest BCUT2D eigenvalue weighted by molar-refractivity contribution is -0.118. The molecule has 0 aliphatic carbocycles. The van der Waals surface area contributed by atoms with Gasteiger partial charge in [0.25, 0.3) is 15.9 Å². The van der Waals surface area contributed by atoms with Crippen molar-refractivity contribution in [2.45, 2.75) is 25.7 Å². The molecule has 0 heterocycles. The van der Waals surface area contributed by atoms with Crippen molar-refractivity contribution in [2.75, 3.05) is 30.4 Å². The molecule has 0 aliphatic rings. The van der Waals surface area contributed by atoms with Gasteiger partial charge in [-0.05, 0) is 74.9 Å². The van der Waals surface area contributed by atoms with Gasteiger partial charge in [0.1, 0.15) is 22.1 Å². The molecule has 0 unspecified atom stereocenters. The maximum absolute atomic E-state index is 13.0. The number of sulfonamides is 1. The van der Waals surface area contributed by atoms with Gasteiger partial charge < -0.3 is 19.5 Å². The molecule has 34 heavy (non-hydrogen) atoms. The quantitative estimate of drug-likeness (QED) is 0.438. The number of carbonyl (C=O) groups excluding carboxylic acids is 1. The molecule has 0 fully saturated rings. The number of ether oxygens (including phenoxy) is 3. The summed E-state index contributed by atoms with van der Waals surface area (Å²) in [4.78, 5) is 12.3. The fourth-order valence-electron chi connectivity index (χ4n) is 3.26. The highest BCUT2D eigenvalue weighted by Crippen LogP contribution is 2.29. The predicted molar refractivity (Wildman–Crippen MR) is 131 cm³/mol. The predicted octanol–water partition coefficient (Wildman–Crippen LogP) is 4.53. The molecule has 1 amide bonds. The fourth-order valence-corrected chi connectivity index (χ4v) is 4.52. The van der Waals surface area contributed by atoms with E-state index in [1.54, 1.807) is 30.3 Å². The number of hydrogen-bond acceptors (Lipinski definition) is 6. The largest absolute Gasteiger partial charge is 0.495 e. The normalized spacial score (nSPS) is 10.9. The highest BCUT2D eigenvalue weighted by atomic mass is 32.2. The van der Waals surface area contributed by atoms with Crippen LogP contribution in [0.25, 0.3) is 0 Å². The van der Waals surface area contributed by atoms with E-state index in [4.69, 9.17) is 14.2 Å². The summed E-state index contributed by atoms with van der Waals surface area (Å²) in [7, 11) is -2.63. The molecule has 0 atom stereocenters. The Morgan fingerprint density at radius 1 is 0.882 bits per heavy atom. The average Bonchev–Trinajstić information content (AvgIpc) is 2.80. The summed E-state index contributed by atoms with van der Waals surface area (Å²) in [5, 5.41) is 2.66. The summed E-state index contributed by atoms with van der Waals surface area (Å²) in [6.07, 6.45) is 0. The van der Waals surface area contributed by atoms with Gasteiger partial charge in [-0.1, -0.05) is 17.7 Å². The Labute approximate surface area is 199 Å². The van der Waals surface area contributed by atoms with E-state index in [2.05, 4.69) is 10.0 Å². The number of rotatable bonds is 10. The van der Waals surface area contributed by atoms with Gasteiger partial charge in [0.15, 0.2) is 6.61 Å². The van der Waals surface area contributed by atoms with Crippen LogP contribution >= 0.6 is 0 Å². The Balaban J connectivity index is 1.73. The summed E-state index contributed by atoms with van der Waals surface area (Å²) in [6.45, 7) is 6.03. The van der Waals surface area contributed by atoms with Crippen LogP contribution in [-0.4, -0.2) is 34.6 Å². The first-order valence-corrected chi connectivity index (χ1v) is 12.1. The van der Waals surface area contributed by atoms with Crippen molar-refractivity contribution in [1.82, 2.24) is 0 Å². The molecule has 0 radical (unpaired) electrons. The van der Waals surface area contributed by atoms with Crippen molar-refractivity contribution in [2.24, 2.45) is 0 Å². The van der Waals surface area contributed by atoms with Crippen molar-refractivity contribution in [3.8, 4) is 17.2 Å². The van der Waals surface area contributed by atoms with E-state index in [1.165, 1.54) is 19.2 Å². The van der Waals surface area contributed by atoms with Crippen LogP contribution in [0.5, 0.6) is 17.2 Å². The van der Waals surface area contributed by atoms with Gasteiger partial charge in [-0.3, -0.25) is 9.52 Å². The molecule has 3 rings (SSSR count). The second-order valence-corrected chi connectivity index (χ2v) is 9.19. The van der Waals surface area contributed by atoms with Crippen LogP contribution in [0.4, 0.5) is 11.4 Å². The number of anilines is 2. The Morgan fingerprint density at radius 2 is 1.56 bits per heavy atom. The molecule has 2 N–H and O–H groups in total. The minimum atomic E-state index is -4.00. The van der Waals surface area contributed by atoms with Gasteiger partial charge in [-0.2, -0.15) is 0 Å². The maximum atomic E-state index is 13.0. The van der Waals surface area contributed by atoms with E-state index in [1.807, 2.05) is 39.0 Å². The minimum Gasteiger partial charge on any atom is -0.495 e. The Morgan fingerprint density at radius 3 is 2.21 bits per heavy atom. The number of aryl methyl sites for hydroxylation is 2. The van der Waals surface area contributed by atoms with E-state index in [0.29, 0.717) is 29.5 Å². The number of nitrogens with one attached hydrogen (secondary N) is 2. The van der Waals surface area contributed by atoms with Crippen LogP contribution in [0.15, 0.2) is 65.6 Å². The third-order valence-corrected chi connectivity index (χ3v) is 6.25. The van der Waals surface area contributed by atoms with E-state index in [9.17, 15) is 13.2 Å². The average molecular weight is 485 g/mol. The molecule has 0 bridgehead atoms. The monoisotopic (exact) mass is 484 g/mol. The molecule has 0 aromatic heterocycles. The molecule has 0 aliphatic heterocycles. The molecular weight excluding hydrogens is 456 g/mol. The van der Waals surface area contributed by atoms with Gasteiger partial charge in [-0.25, -0.2) is 8.42 Å². The number of carbonyl (C=O) groups is 1. The van der Waals surface area contributed by atoms with E-state index in [0.717, 1.165) is 11.1 Å². The zero-order valence-electron chi connectivity index (χ0n) is 19.5. The summed E-state index contributed by atoms with van der Waals surface area (Å²) < 4.78 is 44.8. The maximum Gasteiger partial charge on any atom is 0.265 e. The minimum absolute atomic E-state index is 0.114. The van der Waals surface area contributed by atoms with Crippen LogP contribution in [0.3, 0.4) is 0 Å². The molecular formula is C25H28N2O6S. The van der Waals surface area contributed by atoms with E-state index in [-0.39, 0.29) is 17.3 Å². The topological polar surface area (TPSA) is 103 Å². The van der Waals surface area contributed by atoms with Crippen molar-refractivity contribution in [3.05, 3.63) is 71.8 Å². The highest BCUT2D eigenvalue weighted by molar-refractivity contribution is 7.92. The van der Waals surface area contributed by atoms with Gasteiger partial charge >= 0.3 is 0 Å². The molecule has 8 nitrogen and oxygen atoms in total. The van der Waals surface area contributed by atoms with Crippen molar-refractivity contribution < 1.29 is 27.4 Å². The second-order valence-electron chi connectivity index (χ2n) is 7.53. The molecule has 3 aromatic rings. The SMILES string of the molecule is CCOc1ccc(NS(=O)(=O)c2cc(NC(=O)COc3ccc(C)cc3C)ccc2OC)cc1. The van der Waals surface area contributed by atoms with Crippen LogP contribution in [0.2, 0.25) is 0 Å². The summed E-state index contributed by atoms with van der Waals surface area (Å²) >= 11 is 0. The van der Waals surface area contributed by atoms with Crippen LogP contribution < -0.4 is 24.2 Å². The van der Waals surface area contributed by atoms with Crippen LogP contribution in [0.1, 0.15) is 18.1 Å². The third kappa shape index (κ3) is 6.41. The van der Waals surface area contributed by atoms with Crippen molar-refractivity contribution >= 4 is 27.3 Å². The molecule has 0 spiro atoms. The first-order valence-electron chi connectivity index (χ1n) is 10.7. The standard InChI is InChI=1S/C25H28N2O6S/c1-5-32-21-10-7-19(8-11-21)27-34(29,30)24-15-20(9-13-23(24)31-4)26-25(28)16-33-22-12-6-17(2)14-18(22)3/h6-15,27H,5,16H2,1-4H3,(H,26,28). The zero-order chi connectivity index (χ0) is 24.7. The third-order valence-electron chi connectivity index (χ3n) is 4.84. The lowest BCUT2D eigenvalue weighted by Gasteiger charge is -2.14. The van der Waals surface area contributed by atoms with Gasteiger partial charge in [-0.15, -0.1) is 0 Å². The Hall–Kier alpha value is -3.72. The van der Waals surface area contributed by atoms with Gasteiger partial charge in [0.05, 0.1) is 13.7 Å². The van der Waals surface area contributed by atoms with Gasteiger partial charge in [0.2, 0.25) is 0 Å². The Kier molecular flexibility index (Phi) is 8.01. The van der Waals surface area contributed by atoms with Crippen molar-refractivity contribution in [3.63, 3.8) is 0 Å². The molecule has 9 heteroatoms. The van der Waals surface area contributed by atoms with Crippen LogP contribution in [-0.2, 0) is 14.8 Å². The fraction of sp³-hybridized carbons (Fsp3) is 0.240.